The van der Waals surface area contributed by atoms with Crippen LogP contribution in [-0.2, 0) is 4.79 Å². The van der Waals surface area contributed by atoms with Crippen LogP contribution < -0.4 is 0 Å². The van der Waals surface area contributed by atoms with Gasteiger partial charge in [0.1, 0.15) is 0 Å². The largest absolute Gasteiger partial charge is 0.481 e. The molecule has 0 rings (SSSR count). The molecule has 0 unspecified atom stereocenters. The SMILES string of the molecule is CCCCCCCCC(=O)O.CN(C)CCO. The molecule has 4 nitrogen and oxygen atoms in total. The van der Waals surface area contributed by atoms with Gasteiger partial charge in [0.25, 0.3) is 0 Å². The zero-order chi connectivity index (χ0) is 13.5. The minimum atomic E-state index is -0.666. The molecule has 0 aromatic rings. The summed E-state index contributed by atoms with van der Waals surface area (Å²) in [7, 11) is 3.85. The predicted molar refractivity (Wildman–Crippen MR) is 71.3 cm³/mol. The normalized spacial score (nSPS) is 9.94. The number of unbranched alkanes of at least 4 members (excludes halogenated alkanes) is 5. The average molecular weight is 247 g/mol. The standard InChI is InChI=1S/C9H18O2.C4H11NO/c1-2-3-4-5-6-7-8-9(10)11;1-5(2)3-4-6/h2-8H2,1H3,(H,10,11);6H,3-4H2,1-2H3. The third kappa shape index (κ3) is 25.6. The Morgan fingerprint density at radius 1 is 1.06 bits per heavy atom. The van der Waals surface area contributed by atoms with Crippen LogP contribution in [0.3, 0.4) is 0 Å². The van der Waals surface area contributed by atoms with Crippen molar-refractivity contribution in [3.8, 4) is 0 Å². The highest BCUT2D eigenvalue weighted by atomic mass is 16.4. The molecule has 0 aliphatic rings. The van der Waals surface area contributed by atoms with Gasteiger partial charge in [-0.05, 0) is 20.5 Å². The van der Waals surface area contributed by atoms with E-state index in [1.807, 2.05) is 19.0 Å². The molecule has 0 bridgehead atoms. The maximum Gasteiger partial charge on any atom is 0.303 e. The molecule has 0 amide bonds. The van der Waals surface area contributed by atoms with E-state index in [2.05, 4.69) is 6.92 Å². The van der Waals surface area contributed by atoms with Crippen molar-refractivity contribution in [2.45, 2.75) is 51.9 Å². The van der Waals surface area contributed by atoms with Crippen molar-refractivity contribution in [2.24, 2.45) is 0 Å². The molecule has 0 atom stereocenters. The van der Waals surface area contributed by atoms with Crippen LogP contribution in [0.1, 0.15) is 51.9 Å². The van der Waals surface area contributed by atoms with Gasteiger partial charge >= 0.3 is 5.97 Å². The van der Waals surface area contributed by atoms with Crippen LogP contribution in [0.5, 0.6) is 0 Å². The van der Waals surface area contributed by atoms with Crippen molar-refractivity contribution in [1.82, 2.24) is 4.90 Å². The Labute approximate surface area is 106 Å². The Kier molecular flexibility index (Phi) is 17.0. The number of carboxylic acids is 1. The van der Waals surface area contributed by atoms with E-state index in [-0.39, 0.29) is 6.61 Å². The molecule has 0 aromatic heterocycles. The first-order valence-corrected chi connectivity index (χ1v) is 6.52. The molecule has 0 spiro atoms. The monoisotopic (exact) mass is 247 g/mol. The second kappa shape index (κ2) is 15.4. The number of nitrogens with zero attached hydrogens (tertiary/aromatic N) is 1. The fourth-order valence-electron chi connectivity index (χ4n) is 1.26. The Hall–Kier alpha value is -0.610. The van der Waals surface area contributed by atoms with Gasteiger partial charge in [-0.2, -0.15) is 0 Å². The molecular formula is C13H29NO3. The zero-order valence-corrected chi connectivity index (χ0v) is 11.6. The molecular weight excluding hydrogens is 218 g/mol. The third-order valence-corrected chi connectivity index (χ3v) is 2.29. The lowest BCUT2D eigenvalue weighted by Crippen LogP contribution is -2.15. The quantitative estimate of drug-likeness (QED) is 0.614. The molecule has 0 saturated carbocycles. The van der Waals surface area contributed by atoms with E-state index in [1.54, 1.807) is 0 Å². The van der Waals surface area contributed by atoms with Gasteiger partial charge in [-0.1, -0.05) is 39.0 Å². The lowest BCUT2D eigenvalue weighted by atomic mass is 10.1. The molecule has 0 fully saturated rings. The topological polar surface area (TPSA) is 60.8 Å². The van der Waals surface area contributed by atoms with Crippen LogP contribution in [0.15, 0.2) is 0 Å². The molecule has 104 valence electrons. The summed E-state index contributed by atoms with van der Waals surface area (Å²) in [4.78, 5) is 12.0. The van der Waals surface area contributed by atoms with Crippen molar-refractivity contribution in [3.63, 3.8) is 0 Å². The van der Waals surface area contributed by atoms with Gasteiger partial charge in [0.2, 0.25) is 0 Å². The molecule has 0 heterocycles. The van der Waals surface area contributed by atoms with Gasteiger partial charge < -0.3 is 15.1 Å². The number of carboxylic acid groups (broad SMARTS) is 1. The van der Waals surface area contributed by atoms with E-state index in [1.165, 1.54) is 25.7 Å². The predicted octanol–water partition coefficient (Wildman–Crippen LogP) is 2.36. The fourth-order valence-corrected chi connectivity index (χ4v) is 1.26. The van der Waals surface area contributed by atoms with Crippen molar-refractivity contribution < 1.29 is 15.0 Å². The lowest BCUT2D eigenvalue weighted by molar-refractivity contribution is -0.137. The van der Waals surface area contributed by atoms with Gasteiger partial charge in [-0.15, -0.1) is 0 Å². The summed E-state index contributed by atoms with van der Waals surface area (Å²) in [6.45, 7) is 3.20. The van der Waals surface area contributed by atoms with Crippen LogP contribution >= 0.6 is 0 Å². The van der Waals surface area contributed by atoms with E-state index in [0.717, 1.165) is 19.4 Å². The minimum Gasteiger partial charge on any atom is -0.481 e. The first-order chi connectivity index (χ1) is 8.04. The van der Waals surface area contributed by atoms with Gasteiger partial charge in [-0.25, -0.2) is 0 Å². The van der Waals surface area contributed by atoms with Crippen LogP contribution in [0.25, 0.3) is 0 Å². The molecule has 0 aliphatic heterocycles. The summed E-state index contributed by atoms with van der Waals surface area (Å²) in [5.74, 6) is -0.666. The number of aliphatic hydroxyl groups is 1. The Morgan fingerprint density at radius 3 is 1.94 bits per heavy atom. The molecule has 2 N–H and O–H groups in total. The molecule has 0 aromatic carbocycles. The lowest BCUT2D eigenvalue weighted by Gasteiger charge is -2.03. The van der Waals surface area contributed by atoms with Crippen LogP contribution in [0.4, 0.5) is 0 Å². The highest BCUT2D eigenvalue weighted by Crippen LogP contribution is 2.06. The molecule has 4 heteroatoms. The van der Waals surface area contributed by atoms with E-state index in [9.17, 15) is 4.79 Å². The third-order valence-electron chi connectivity index (χ3n) is 2.29. The second-order valence-corrected chi connectivity index (χ2v) is 4.44. The second-order valence-electron chi connectivity index (χ2n) is 4.44. The van der Waals surface area contributed by atoms with E-state index >= 15 is 0 Å². The zero-order valence-electron chi connectivity index (χ0n) is 11.6. The van der Waals surface area contributed by atoms with Crippen molar-refractivity contribution in [1.29, 1.82) is 0 Å². The maximum absolute atomic E-state index is 10.1. The Bertz CT molecular complexity index is 161. The smallest absolute Gasteiger partial charge is 0.303 e. The molecule has 0 radical (unpaired) electrons. The average Bonchev–Trinajstić information content (AvgIpc) is 2.23. The first-order valence-electron chi connectivity index (χ1n) is 6.52. The highest BCUT2D eigenvalue weighted by molar-refractivity contribution is 5.66. The first kappa shape index (κ1) is 18.7. The highest BCUT2D eigenvalue weighted by Gasteiger charge is 1.95. The minimum absolute atomic E-state index is 0.257. The number of likely N-dealkylation sites (N-methyl/N-ethyl adjacent to an activating group) is 1. The van der Waals surface area contributed by atoms with Crippen LogP contribution in [0, 0.1) is 0 Å². The van der Waals surface area contributed by atoms with Crippen LogP contribution in [-0.4, -0.2) is 48.3 Å². The summed E-state index contributed by atoms with van der Waals surface area (Å²) in [6, 6.07) is 0. The van der Waals surface area contributed by atoms with E-state index in [4.69, 9.17) is 10.2 Å². The molecule has 0 saturated heterocycles. The molecule has 0 aliphatic carbocycles. The number of aliphatic carboxylic acids is 1. The summed E-state index contributed by atoms with van der Waals surface area (Å²) >= 11 is 0. The summed E-state index contributed by atoms with van der Waals surface area (Å²) in [5, 5.41) is 16.5. The summed E-state index contributed by atoms with van der Waals surface area (Å²) in [5.41, 5.74) is 0. The maximum atomic E-state index is 10.1. The Morgan fingerprint density at radius 2 is 1.59 bits per heavy atom. The van der Waals surface area contributed by atoms with Gasteiger partial charge in [0.15, 0.2) is 0 Å². The van der Waals surface area contributed by atoms with E-state index < -0.39 is 5.97 Å². The summed E-state index contributed by atoms with van der Waals surface area (Å²) < 4.78 is 0. The summed E-state index contributed by atoms with van der Waals surface area (Å²) in [6.07, 6.45) is 7.25. The number of hydrogen-bond acceptors (Lipinski definition) is 3. The van der Waals surface area contributed by atoms with Gasteiger partial charge in [0.05, 0.1) is 6.61 Å². The number of rotatable bonds is 9. The number of carbonyl (C=O) groups is 1. The Balaban J connectivity index is 0. The van der Waals surface area contributed by atoms with Crippen LogP contribution in [0.2, 0.25) is 0 Å². The van der Waals surface area contributed by atoms with Gasteiger partial charge in [-0.3, -0.25) is 4.79 Å². The fraction of sp³-hybridized carbons (Fsp3) is 0.923. The van der Waals surface area contributed by atoms with Crippen molar-refractivity contribution in [2.75, 3.05) is 27.2 Å². The van der Waals surface area contributed by atoms with E-state index in [0.29, 0.717) is 6.42 Å². The van der Waals surface area contributed by atoms with Crippen molar-refractivity contribution >= 4 is 5.97 Å². The number of hydrogen-bond donors (Lipinski definition) is 2. The number of aliphatic hydroxyl groups excluding tert-OH is 1. The molecule has 17 heavy (non-hydrogen) atoms. The van der Waals surface area contributed by atoms with Crippen molar-refractivity contribution in [3.05, 3.63) is 0 Å². The van der Waals surface area contributed by atoms with Gasteiger partial charge in [0, 0.05) is 13.0 Å².